The van der Waals surface area contributed by atoms with Crippen molar-refractivity contribution < 1.29 is 5.11 Å². The highest BCUT2D eigenvalue weighted by Crippen LogP contribution is 2.30. The van der Waals surface area contributed by atoms with E-state index < -0.39 is 0 Å². The number of aromatic hydroxyl groups is 1. The second kappa shape index (κ2) is 8.90. The van der Waals surface area contributed by atoms with E-state index in [4.69, 9.17) is 0 Å². The van der Waals surface area contributed by atoms with Crippen LogP contribution in [0.5, 0.6) is 5.75 Å². The predicted molar refractivity (Wildman–Crippen MR) is 116 cm³/mol. The average Bonchev–Trinajstić information content (AvgIpc) is 3.14. The number of fused-ring (bicyclic) bond motifs is 2. The van der Waals surface area contributed by atoms with E-state index in [0.717, 1.165) is 49.6 Å². The van der Waals surface area contributed by atoms with Crippen LogP contribution in [0.3, 0.4) is 0 Å². The van der Waals surface area contributed by atoms with E-state index in [1.165, 1.54) is 24.0 Å². The smallest absolute Gasteiger partial charge is 0.191 e. The molecule has 1 aliphatic carbocycles. The third-order valence-electron chi connectivity index (χ3n) is 5.43. The molecule has 146 valence electrons. The number of phenols is 1. The Morgan fingerprint density at radius 1 is 1.30 bits per heavy atom. The standard InChI is InChI=1S/C19H26N6O.HI/c1-20-19(24-14-7-9-18-22-12-23-25(18)11-14)21-10-16-15-5-3-2-4-13(15)6-8-17(16)26;/h6,8,12,14,26H,2-5,7,9-11H2,1H3,(H2,20,21,24);1H. The van der Waals surface area contributed by atoms with E-state index in [2.05, 4.69) is 31.8 Å². The highest BCUT2D eigenvalue weighted by Gasteiger charge is 2.21. The van der Waals surface area contributed by atoms with Gasteiger partial charge in [-0.15, -0.1) is 24.0 Å². The second-order valence-electron chi connectivity index (χ2n) is 7.07. The molecule has 2 heterocycles. The summed E-state index contributed by atoms with van der Waals surface area (Å²) in [5, 5.41) is 21.5. The van der Waals surface area contributed by atoms with E-state index >= 15 is 0 Å². The lowest BCUT2D eigenvalue weighted by atomic mass is 9.88. The third-order valence-corrected chi connectivity index (χ3v) is 5.43. The average molecular weight is 482 g/mol. The summed E-state index contributed by atoms with van der Waals surface area (Å²) in [7, 11) is 1.78. The summed E-state index contributed by atoms with van der Waals surface area (Å²) in [6.07, 6.45) is 8.13. The van der Waals surface area contributed by atoms with Crippen LogP contribution in [-0.2, 0) is 32.4 Å². The van der Waals surface area contributed by atoms with Crippen LogP contribution in [0.25, 0.3) is 0 Å². The Labute approximate surface area is 176 Å². The molecule has 0 fully saturated rings. The van der Waals surface area contributed by atoms with Crippen LogP contribution in [0.2, 0.25) is 0 Å². The number of phenolic OH excluding ortho intramolecular Hbond substituents is 1. The van der Waals surface area contributed by atoms with Crippen LogP contribution in [0, 0.1) is 0 Å². The van der Waals surface area contributed by atoms with Crippen LogP contribution in [0.1, 0.15) is 41.8 Å². The Kier molecular flexibility index (Phi) is 6.56. The Hall–Kier alpha value is -1.84. The molecule has 7 nitrogen and oxygen atoms in total. The highest BCUT2D eigenvalue weighted by atomic mass is 127. The summed E-state index contributed by atoms with van der Waals surface area (Å²) in [6, 6.07) is 4.16. The van der Waals surface area contributed by atoms with Crippen molar-refractivity contribution in [3.8, 4) is 5.75 Å². The number of aliphatic imine (C=N–C) groups is 1. The van der Waals surface area contributed by atoms with Crippen LogP contribution in [-0.4, -0.2) is 38.9 Å². The fourth-order valence-corrected chi connectivity index (χ4v) is 4.00. The van der Waals surface area contributed by atoms with Gasteiger partial charge in [0.2, 0.25) is 0 Å². The molecule has 27 heavy (non-hydrogen) atoms. The first-order valence-electron chi connectivity index (χ1n) is 9.41. The molecular formula is C19H27IN6O. The van der Waals surface area contributed by atoms with Gasteiger partial charge in [-0.1, -0.05) is 6.07 Å². The molecule has 0 saturated heterocycles. The molecule has 1 unspecified atom stereocenters. The van der Waals surface area contributed by atoms with E-state index in [-0.39, 0.29) is 30.0 Å². The molecule has 0 spiro atoms. The molecule has 1 aromatic heterocycles. The minimum absolute atomic E-state index is 0. The quantitative estimate of drug-likeness (QED) is 0.355. The summed E-state index contributed by atoms with van der Waals surface area (Å²) < 4.78 is 1.95. The second-order valence-corrected chi connectivity index (χ2v) is 7.07. The molecule has 0 amide bonds. The lowest BCUT2D eigenvalue weighted by molar-refractivity contribution is 0.392. The maximum Gasteiger partial charge on any atom is 0.191 e. The van der Waals surface area contributed by atoms with Gasteiger partial charge >= 0.3 is 0 Å². The van der Waals surface area contributed by atoms with E-state index in [1.54, 1.807) is 13.4 Å². The summed E-state index contributed by atoms with van der Waals surface area (Å²) in [6.45, 7) is 1.37. The summed E-state index contributed by atoms with van der Waals surface area (Å²) in [4.78, 5) is 8.62. The summed E-state index contributed by atoms with van der Waals surface area (Å²) in [5.41, 5.74) is 3.69. The summed E-state index contributed by atoms with van der Waals surface area (Å²) >= 11 is 0. The number of aryl methyl sites for hydroxylation is 2. The largest absolute Gasteiger partial charge is 0.508 e. The Morgan fingerprint density at radius 2 is 2.15 bits per heavy atom. The first-order chi connectivity index (χ1) is 12.7. The minimum atomic E-state index is 0. The molecule has 3 N–H and O–H groups in total. The van der Waals surface area contributed by atoms with Gasteiger partial charge < -0.3 is 15.7 Å². The topological polar surface area (TPSA) is 87.4 Å². The molecule has 2 aromatic rings. The van der Waals surface area contributed by atoms with Gasteiger partial charge in [-0.25, -0.2) is 9.67 Å². The number of halogens is 1. The Bertz CT molecular complexity index is 819. The minimum Gasteiger partial charge on any atom is -0.508 e. The van der Waals surface area contributed by atoms with Gasteiger partial charge in [0.25, 0.3) is 0 Å². The van der Waals surface area contributed by atoms with Gasteiger partial charge in [0, 0.05) is 31.6 Å². The molecule has 0 bridgehead atoms. The van der Waals surface area contributed by atoms with Crippen molar-refractivity contribution in [1.82, 2.24) is 25.4 Å². The van der Waals surface area contributed by atoms with Crippen molar-refractivity contribution in [1.29, 1.82) is 0 Å². The van der Waals surface area contributed by atoms with Gasteiger partial charge in [0.15, 0.2) is 5.96 Å². The molecule has 4 rings (SSSR count). The predicted octanol–water partition coefficient (Wildman–Crippen LogP) is 2.16. The first-order valence-corrected chi connectivity index (χ1v) is 9.41. The van der Waals surface area contributed by atoms with Crippen LogP contribution in [0.15, 0.2) is 23.5 Å². The Balaban J connectivity index is 0.00000210. The van der Waals surface area contributed by atoms with Crippen LogP contribution < -0.4 is 10.6 Å². The molecule has 0 radical (unpaired) electrons. The van der Waals surface area contributed by atoms with Gasteiger partial charge in [0.05, 0.1) is 6.54 Å². The zero-order chi connectivity index (χ0) is 17.9. The van der Waals surface area contributed by atoms with Crippen molar-refractivity contribution in [2.75, 3.05) is 7.05 Å². The fraction of sp³-hybridized carbons (Fsp3) is 0.526. The Morgan fingerprint density at radius 3 is 3.00 bits per heavy atom. The lowest BCUT2D eigenvalue weighted by Gasteiger charge is -2.26. The maximum absolute atomic E-state index is 10.3. The zero-order valence-electron chi connectivity index (χ0n) is 15.6. The number of guanidine groups is 1. The van der Waals surface area contributed by atoms with Gasteiger partial charge in [-0.05, 0) is 49.3 Å². The lowest BCUT2D eigenvalue weighted by Crippen LogP contribution is -2.46. The number of aromatic nitrogens is 3. The fourth-order valence-electron chi connectivity index (χ4n) is 4.00. The van der Waals surface area contributed by atoms with E-state index in [1.807, 2.05) is 10.7 Å². The molecule has 1 aliphatic heterocycles. The van der Waals surface area contributed by atoms with Crippen LogP contribution in [0.4, 0.5) is 0 Å². The van der Waals surface area contributed by atoms with Crippen molar-refractivity contribution in [3.63, 3.8) is 0 Å². The zero-order valence-corrected chi connectivity index (χ0v) is 17.9. The van der Waals surface area contributed by atoms with Crippen molar-refractivity contribution >= 4 is 29.9 Å². The van der Waals surface area contributed by atoms with E-state index in [0.29, 0.717) is 12.3 Å². The van der Waals surface area contributed by atoms with Gasteiger partial charge in [-0.2, -0.15) is 5.10 Å². The number of hydrogen-bond donors (Lipinski definition) is 3. The maximum atomic E-state index is 10.3. The first kappa shape index (κ1) is 19.9. The monoisotopic (exact) mass is 482 g/mol. The number of nitrogens with zero attached hydrogens (tertiary/aromatic N) is 4. The number of rotatable bonds is 3. The van der Waals surface area contributed by atoms with Crippen molar-refractivity contribution in [2.45, 2.75) is 57.7 Å². The third kappa shape index (κ3) is 4.36. The van der Waals surface area contributed by atoms with Gasteiger partial charge in [-0.3, -0.25) is 4.99 Å². The number of nitrogens with one attached hydrogen (secondary N) is 2. The number of benzene rings is 1. The molecule has 8 heteroatoms. The molecule has 1 atom stereocenters. The van der Waals surface area contributed by atoms with Crippen LogP contribution >= 0.6 is 24.0 Å². The molecule has 1 aromatic carbocycles. The van der Waals surface area contributed by atoms with Crippen molar-refractivity contribution in [2.24, 2.45) is 4.99 Å². The van der Waals surface area contributed by atoms with E-state index in [9.17, 15) is 5.11 Å². The SMILES string of the molecule is CN=C(NCc1c(O)ccc2c1CCCC2)NC1CCc2ncnn2C1.I. The van der Waals surface area contributed by atoms with Gasteiger partial charge in [0.1, 0.15) is 17.9 Å². The summed E-state index contributed by atoms with van der Waals surface area (Å²) in [5.74, 6) is 2.18. The number of hydrogen-bond acceptors (Lipinski definition) is 4. The normalized spacial score (nSPS) is 18.9. The molecule has 0 saturated carbocycles. The van der Waals surface area contributed by atoms with Crippen molar-refractivity contribution in [3.05, 3.63) is 41.0 Å². The molecular weight excluding hydrogens is 455 g/mol. The highest BCUT2D eigenvalue weighted by molar-refractivity contribution is 14.0. The molecule has 2 aliphatic rings.